The lowest BCUT2D eigenvalue weighted by atomic mass is 10.1. The standard InChI is InChI=1S/C18H19BrN2O6S/c1-11(12-3-5-13(19)6-4-12)21-17(22)10-27-18(23)15-9-14(28(20,24)25)7-8-16(15)26-2/h3-9,11H,10H2,1-2H3,(H,21,22)(H2,20,24,25). The number of benzene rings is 2. The van der Waals surface area contributed by atoms with Crippen LogP contribution in [-0.4, -0.2) is 34.0 Å². The minimum atomic E-state index is -4.01. The third kappa shape index (κ3) is 5.78. The van der Waals surface area contributed by atoms with Crippen molar-refractivity contribution in [1.82, 2.24) is 5.32 Å². The van der Waals surface area contributed by atoms with Crippen molar-refractivity contribution in [1.29, 1.82) is 0 Å². The topological polar surface area (TPSA) is 125 Å². The molecule has 0 aliphatic rings. The Bertz CT molecular complexity index is 976. The minimum absolute atomic E-state index is 0.0982. The molecule has 28 heavy (non-hydrogen) atoms. The van der Waals surface area contributed by atoms with E-state index in [2.05, 4.69) is 21.2 Å². The first-order valence-corrected chi connectivity index (χ1v) is 10.4. The number of primary sulfonamides is 1. The van der Waals surface area contributed by atoms with Crippen LogP contribution in [0.15, 0.2) is 51.8 Å². The van der Waals surface area contributed by atoms with E-state index in [1.165, 1.54) is 19.2 Å². The van der Waals surface area contributed by atoms with Crippen LogP contribution in [0, 0.1) is 0 Å². The van der Waals surface area contributed by atoms with Gasteiger partial charge in [0.2, 0.25) is 10.0 Å². The molecule has 10 heteroatoms. The van der Waals surface area contributed by atoms with Crippen molar-refractivity contribution in [2.24, 2.45) is 5.14 Å². The highest BCUT2D eigenvalue weighted by Crippen LogP contribution is 2.23. The third-order valence-corrected chi connectivity index (χ3v) is 5.24. The van der Waals surface area contributed by atoms with E-state index in [-0.39, 0.29) is 22.3 Å². The second kappa shape index (κ2) is 9.18. The maximum absolute atomic E-state index is 12.3. The second-order valence-electron chi connectivity index (χ2n) is 5.82. The molecule has 0 spiro atoms. The maximum Gasteiger partial charge on any atom is 0.342 e. The fourth-order valence-electron chi connectivity index (χ4n) is 2.35. The summed E-state index contributed by atoms with van der Waals surface area (Å²) in [4.78, 5) is 24.1. The first-order chi connectivity index (χ1) is 13.1. The van der Waals surface area contributed by atoms with Gasteiger partial charge in [-0.1, -0.05) is 28.1 Å². The number of amides is 1. The van der Waals surface area contributed by atoms with Crippen LogP contribution in [-0.2, 0) is 19.6 Å². The van der Waals surface area contributed by atoms with Crippen LogP contribution in [0.25, 0.3) is 0 Å². The Hall–Kier alpha value is -2.43. The molecule has 2 aromatic rings. The van der Waals surface area contributed by atoms with Gasteiger partial charge in [0.15, 0.2) is 6.61 Å². The van der Waals surface area contributed by atoms with E-state index in [9.17, 15) is 18.0 Å². The number of sulfonamides is 1. The molecule has 0 heterocycles. The molecule has 1 amide bonds. The van der Waals surface area contributed by atoms with Crippen molar-refractivity contribution < 1.29 is 27.5 Å². The molecule has 0 bridgehead atoms. The minimum Gasteiger partial charge on any atom is -0.496 e. The zero-order valence-electron chi connectivity index (χ0n) is 15.1. The van der Waals surface area contributed by atoms with E-state index >= 15 is 0 Å². The summed E-state index contributed by atoms with van der Waals surface area (Å²) in [6.07, 6.45) is 0. The number of nitrogens with two attached hydrogens (primary N) is 1. The van der Waals surface area contributed by atoms with Gasteiger partial charge in [-0.3, -0.25) is 4.79 Å². The normalized spacial score (nSPS) is 12.1. The van der Waals surface area contributed by atoms with Gasteiger partial charge in [-0.25, -0.2) is 18.4 Å². The van der Waals surface area contributed by atoms with Crippen molar-refractivity contribution in [2.45, 2.75) is 17.9 Å². The monoisotopic (exact) mass is 470 g/mol. The van der Waals surface area contributed by atoms with Crippen molar-refractivity contribution in [3.8, 4) is 5.75 Å². The molecule has 0 radical (unpaired) electrons. The van der Waals surface area contributed by atoms with Crippen LogP contribution < -0.4 is 15.2 Å². The number of carbonyl (C=O) groups excluding carboxylic acids is 2. The van der Waals surface area contributed by atoms with Gasteiger partial charge in [-0.2, -0.15) is 0 Å². The number of halogens is 1. The number of rotatable bonds is 7. The van der Waals surface area contributed by atoms with E-state index in [0.717, 1.165) is 16.1 Å². The highest BCUT2D eigenvalue weighted by molar-refractivity contribution is 9.10. The number of nitrogens with one attached hydrogen (secondary N) is 1. The van der Waals surface area contributed by atoms with Crippen LogP contribution >= 0.6 is 15.9 Å². The molecule has 2 aromatic carbocycles. The largest absolute Gasteiger partial charge is 0.496 e. The lowest BCUT2D eigenvalue weighted by Gasteiger charge is -2.15. The first kappa shape index (κ1) is 21.9. The Morgan fingerprint density at radius 3 is 2.39 bits per heavy atom. The summed E-state index contributed by atoms with van der Waals surface area (Å²) < 4.78 is 33.9. The van der Waals surface area contributed by atoms with Gasteiger partial charge in [-0.15, -0.1) is 0 Å². The van der Waals surface area contributed by atoms with Crippen molar-refractivity contribution in [2.75, 3.05) is 13.7 Å². The molecule has 1 atom stereocenters. The highest BCUT2D eigenvalue weighted by Gasteiger charge is 2.20. The summed E-state index contributed by atoms with van der Waals surface area (Å²) in [5.74, 6) is -1.32. The molecule has 0 fully saturated rings. The summed E-state index contributed by atoms with van der Waals surface area (Å²) in [7, 11) is -2.70. The zero-order chi connectivity index (χ0) is 20.9. The van der Waals surface area contributed by atoms with Crippen molar-refractivity contribution in [3.63, 3.8) is 0 Å². The van der Waals surface area contributed by atoms with E-state index in [0.29, 0.717) is 0 Å². The van der Waals surface area contributed by atoms with Crippen LogP contribution in [0.5, 0.6) is 5.75 Å². The number of hydrogen-bond acceptors (Lipinski definition) is 6. The molecule has 8 nitrogen and oxygen atoms in total. The second-order valence-corrected chi connectivity index (χ2v) is 8.30. The average molecular weight is 471 g/mol. The van der Waals surface area contributed by atoms with Gasteiger partial charge in [0.25, 0.3) is 5.91 Å². The molecule has 3 N–H and O–H groups in total. The van der Waals surface area contributed by atoms with E-state index in [4.69, 9.17) is 14.6 Å². The summed E-state index contributed by atoms with van der Waals surface area (Å²) >= 11 is 3.34. The van der Waals surface area contributed by atoms with Crippen LogP contribution in [0.4, 0.5) is 0 Å². The predicted octanol–water partition coefficient (Wildman–Crippen LogP) is 2.14. The summed E-state index contributed by atoms with van der Waals surface area (Å²) in [6.45, 7) is 1.25. The Labute approximate surface area is 171 Å². The Morgan fingerprint density at radius 1 is 1.18 bits per heavy atom. The highest BCUT2D eigenvalue weighted by atomic mass is 79.9. The lowest BCUT2D eigenvalue weighted by molar-refractivity contribution is -0.124. The Kier molecular flexibility index (Phi) is 7.17. The molecule has 0 aromatic heterocycles. The van der Waals surface area contributed by atoms with Crippen molar-refractivity contribution in [3.05, 3.63) is 58.1 Å². The summed E-state index contributed by atoms with van der Waals surface area (Å²) in [5.41, 5.74) is 0.730. The summed E-state index contributed by atoms with van der Waals surface area (Å²) in [5, 5.41) is 7.78. The molecule has 0 saturated heterocycles. The van der Waals surface area contributed by atoms with Gasteiger partial charge in [-0.05, 0) is 42.8 Å². The molecule has 2 rings (SSSR count). The number of hydrogen-bond donors (Lipinski definition) is 2. The Morgan fingerprint density at radius 2 is 1.82 bits per heavy atom. The van der Waals surface area contributed by atoms with Gasteiger partial charge in [0.05, 0.1) is 18.0 Å². The molecule has 1 unspecified atom stereocenters. The number of methoxy groups -OCH3 is 1. The fraction of sp³-hybridized carbons (Fsp3) is 0.222. The van der Waals surface area contributed by atoms with E-state index in [1.54, 1.807) is 6.92 Å². The predicted molar refractivity (Wildman–Crippen MR) is 105 cm³/mol. The maximum atomic E-state index is 12.3. The van der Waals surface area contributed by atoms with Gasteiger partial charge >= 0.3 is 5.97 Å². The molecule has 150 valence electrons. The number of carbonyl (C=O) groups is 2. The van der Waals surface area contributed by atoms with Gasteiger partial charge in [0.1, 0.15) is 11.3 Å². The van der Waals surface area contributed by atoms with Crippen LogP contribution in [0.1, 0.15) is 28.9 Å². The average Bonchev–Trinajstić information content (AvgIpc) is 2.65. The Balaban J connectivity index is 2.03. The van der Waals surface area contributed by atoms with Gasteiger partial charge in [0, 0.05) is 4.47 Å². The van der Waals surface area contributed by atoms with Gasteiger partial charge < -0.3 is 14.8 Å². The quantitative estimate of drug-likeness (QED) is 0.597. The molecule has 0 saturated carbocycles. The fourth-order valence-corrected chi connectivity index (χ4v) is 3.15. The van der Waals surface area contributed by atoms with Crippen LogP contribution in [0.3, 0.4) is 0 Å². The molecule has 0 aliphatic heterocycles. The third-order valence-electron chi connectivity index (χ3n) is 3.80. The lowest BCUT2D eigenvalue weighted by Crippen LogP contribution is -2.31. The van der Waals surface area contributed by atoms with Crippen molar-refractivity contribution >= 4 is 37.8 Å². The molecular weight excluding hydrogens is 452 g/mol. The first-order valence-electron chi connectivity index (χ1n) is 8.04. The number of ether oxygens (including phenoxy) is 2. The summed E-state index contributed by atoms with van der Waals surface area (Å²) in [6, 6.07) is 10.6. The number of esters is 1. The smallest absolute Gasteiger partial charge is 0.342 e. The molecular formula is C18H19BrN2O6S. The van der Waals surface area contributed by atoms with E-state index in [1.807, 2.05) is 24.3 Å². The molecule has 0 aliphatic carbocycles. The van der Waals surface area contributed by atoms with E-state index < -0.39 is 28.5 Å². The van der Waals surface area contributed by atoms with Crippen LogP contribution in [0.2, 0.25) is 0 Å². The SMILES string of the molecule is COc1ccc(S(N)(=O)=O)cc1C(=O)OCC(=O)NC(C)c1ccc(Br)cc1. The zero-order valence-corrected chi connectivity index (χ0v) is 17.5.